The predicted molar refractivity (Wildman–Crippen MR) is 167 cm³/mol. The van der Waals surface area contributed by atoms with Gasteiger partial charge in [-0.15, -0.1) is 0 Å². The first-order valence-electron chi connectivity index (χ1n) is 14.6. The SMILES string of the molecule is COc1cccc2c1CCC2n1cccc(C(=O)Nc2ccc(Oc3ccc(OCCOCCOCCN)cc3)cc2)c1=O. The van der Waals surface area contributed by atoms with Crippen molar-refractivity contribution >= 4 is 11.6 Å². The van der Waals surface area contributed by atoms with Gasteiger partial charge in [0.25, 0.3) is 11.5 Å². The molecule has 1 unspecified atom stereocenters. The number of fused-ring (bicyclic) bond motifs is 1. The van der Waals surface area contributed by atoms with Crippen LogP contribution in [0.25, 0.3) is 0 Å². The highest BCUT2D eigenvalue weighted by Crippen LogP contribution is 2.38. The minimum atomic E-state index is -0.470. The number of pyridine rings is 1. The summed E-state index contributed by atoms with van der Waals surface area (Å²) in [5, 5.41) is 2.83. The zero-order chi connectivity index (χ0) is 30.7. The lowest BCUT2D eigenvalue weighted by atomic mass is 10.1. The minimum absolute atomic E-state index is 0.0783. The van der Waals surface area contributed by atoms with Crippen LogP contribution < -0.4 is 30.8 Å². The molecule has 0 fully saturated rings. The van der Waals surface area contributed by atoms with Crippen LogP contribution in [0, 0.1) is 0 Å². The number of methoxy groups -OCH3 is 1. The molecule has 4 aromatic rings. The Morgan fingerprint density at radius 3 is 2.27 bits per heavy atom. The second-order valence-corrected chi connectivity index (χ2v) is 10.1. The van der Waals surface area contributed by atoms with Gasteiger partial charge in [-0.25, -0.2) is 0 Å². The first-order valence-corrected chi connectivity index (χ1v) is 14.6. The molecule has 0 spiro atoms. The summed E-state index contributed by atoms with van der Waals surface area (Å²) >= 11 is 0. The lowest BCUT2D eigenvalue weighted by Crippen LogP contribution is -2.30. The summed E-state index contributed by atoms with van der Waals surface area (Å²) in [7, 11) is 1.65. The zero-order valence-electron chi connectivity index (χ0n) is 24.7. The van der Waals surface area contributed by atoms with Gasteiger partial charge in [0.2, 0.25) is 0 Å². The molecule has 10 heteroatoms. The third kappa shape index (κ3) is 7.65. The largest absolute Gasteiger partial charge is 0.496 e. The second-order valence-electron chi connectivity index (χ2n) is 10.1. The van der Waals surface area contributed by atoms with Crippen molar-refractivity contribution in [2.75, 3.05) is 52.0 Å². The molecule has 0 saturated heterocycles. The Kier molecular flexibility index (Phi) is 10.6. The van der Waals surface area contributed by atoms with Gasteiger partial charge in [-0.2, -0.15) is 0 Å². The van der Waals surface area contributed by atoms with E-state index in [1.54, 1.807) is 54.3 Å². The molecule has 5 rings (SSSR count). The van der Waals surface area contributed by atoms with E-state index in [1.165, 1.54) is 0 Å². The Morgan fingerprint density at radius 2 is 1.55 bits per heavy atom. The topological polar surface area (TPSA) is 123 Å². The molecule has 10 nitrogen and oxygen atoms in total. The maximum Gasteiger partial charge on any atom is 0.263 e. The van der Waals surface area contributed by atoms with Crippen LogP contribution in [-0.2, 0) is 15.9 Å². The number of carbonyl (C=O) groups excluding carboxylic acids is 1. The number of benzene rings is 3. The van der Waals surface area contributed by atoms with E-state index in [1.807, 2.05) is 42.5 Å². The average molecular weight is 600 g/mol. The van der Waals surface area contributed by atoms with Crippen molar-refractivity contribution in [3.8, 4) is 23.0 Å². The van der Waals surface area contributed by atoms with Gasteiger partial charge in [-0.05, 0) is 90.7 Å². The highest BCUT2D eigenvalue weighted by atomic mass is 16.5. The highest BCUT2D eigenvalue weighted by Gasteiger charge is 2.28. The van der Waals surface area contributed by atoms with Crippen LogP contribution in [0.3, 0.4) is 0 Å². The van der Waals surface area contributed by atoms with Crippen molar-refractivity contribution in [1.29, 1.82) is 0 Å². The highest BCUT2D eigenvalue weighted by molar-refractivity contribution is 6.04. The molecule has 1 amide bonds. The van der Waals surface area contributed by atoms with Crippen molar-refractivity contribution < 1.29 is 28.5 Å². The van der Waals surface area contributed by atoms with Gasteiger partial charge >= 0.3 is 0 Å². The van der Waals surface area contributed by atoms with E-state index in [9.17, 15) is 9.59 Å². The first kappa shape index (κ1) is 30.8. The molecule has 230 valence electrons. The number of hydrogen-bond acceptors (Lipinski definition) is 8. The van der Waals surface area contributed by atoms with E-state index >= 15 is 0 Å². The molecular weight excluding hydrogens is 562 g/mol. The minimum Gasteiger partial charge on any atom is -0.496 e. The molecule has 44 heavy (non-hydrogen) atoms. The fourth-order valence-corrected chi connectivity index (χ4v) is 5.18. The summed E-state index contributed by atoms with van der Waals surface area (Å²) in [5.41, 5.74) is 7.81. The monoisotopic (exact) mass is 599 g/mol. The molecule has 1 aromatic heterocycles. The van der Waals surface area contributed by atoms with E-state index in [0.717, 1.165) is 29.7 Å². The average Bonchev–Trinajstić information content (AvgIpc) is 3.48. The van der Waals surface area contributed by atoms with Crippen molar-refractivity contribution in [3.63, 3.8) is 0 Å². The third-order valence-corrected chi connectivity index (χ3v) is 7.27. The number of nitrogens with one attached hydrogen (secondary N) is 1. The van der Waals surface area contributed by atoms with Gasteiger partial charge < -0.3 is 39.3 Å². The lowest BCUT2D eigenvalue weighted by molar-refractivity contribution is 0.0388. The molecule has 1 aliphatic carbocycles. The van der Waals surface area contributed by atoms with Gasteiger partial charge in [0, 0.05) is 18.4 Å². The molecule has 0 saturated carbocycles. The molecule has 3 aromatic carbocycles. The van der Waals surface area contributed by atoms with Crippen LogP contribution in [0.4, 0.5) is 5.69 Å². The van der Waals surface area contributed by atoms with E-state index in [0.29, 0.717) is 62.5 Å². The number of nitrogens with zero attached hydrogens (tertiary/aromatic N) is 1. The Labute approximate surface area is 256 Å². The van der Waals surface area contributed by atoms with Crippen LogP contribution >= 0.6 is 0 Å². The molecule has 1 aliphatic rings. The Balaban J connectivity index is 1.13. The molecule has 1 heterocycles. The fraction of sp³-hybridized carbons (Fsp3) is 0.294. The lowest BCUT2D eigenvalue weighted by Gasteiger charge is -2.17. The van der Waals surface area contributed by atoms with Crippen molar-refractivity contribution in [3.05, 3.63) is 112 Å². The third-order valence-electron chi connectivity index (χ3n) is 7.27. The van der Waals surface area contributed by atoms with Gasteiger partial charge in [0.1, 0.15) is 35.2 Å². The Morgan fingerprint density at radius 1 is 0.864 bits per heavy atom. The molecule has 3 N–H and O–H groups in total. The van der Waals surface area contributed by atoms with Crippen molar-refractivity contribution in [1.82, 2.24) is 4.57 Å². The van der Waals surface area contributed by atoms with E-state index in [4.69, 9.17) is 29.4 Å². The number of nitrogens with two attached hydrogens (primary N) is 1. The number of aromatic nitrogens is 1. The number of ether oxygens (including phenoxy) is 5. The standard InChI is InChI=1S/C34H37N3O7/c1-40-32-6-2-4-28-29(32)15-16-31(28)37-18-3-5-30(34(37)39)33(38)36-24-7-9-26(10-8-24)44-27-13-11-25(12-14-27)43-23-22-42-21-20-41-19-17-35/h2-14,18,31H,15-17,19-23,35H2,1H3,(H,36,38). The van der Waals surface area contributed by atoms with Gasteiger partial charge in [-0.3, -0.25) is 9.59 Å². The number of amides is 1. The van der Waals surface area contributed by atoms with Crippen molar-refractivity contribution in [2.24, 2.45) is 5.73 Å². The number of rotatable bonds is 15. The normalized spacial score (nSPS) is 13.7. The number of hydrogen-bond donors (Lipinski definition) is 2. The Bertz CT molecular complexity index is 1590. The second kappa shape index (κ2) is 15.2. The van der Waals surface area contributed by atoms with Gasteiger partial charge in [0.05, 0.1) is 39.6 Å². The number of carbonyl (C=O) groups is 1. The predicted octanol–water partition coefficient (Wildman–Crippen LogP) is 4.81. The molecule has 0 bridgehead atoms. The van der Waals surface area contributed by atoms with Crippen molar-refractivity contribution in [2.45, 2.75) is 18.9 Å². The summed E-state index contributed by atoms with van der Waals surface area (Å²) < 4.78 is 29.5. The van der Waals surface area contributed by atoms with E-state index < -0.39 is 5.91 Å². The van der Waals surface area contributed by atoms with Crippen LogP contribution in [0.2, 0.25) is 0 Å². The first-order chi connectivity index (χ1) is 21.6. The number of anilines is 1. The van der Waals surface area contributed by atoms with E-state index in [-0.39, 0.29) is 17.2 Å². The molecule has 1 atom stereocenters. The maximum absolute atomic E-state index is 13.4. The van der Waals surface area contributed by atoms with Gasteiger partial charge in [-0.1, -0.05) is 12.1 Å². The summed E-state index contributed by atoms with van der Waals surface area (Å²) in [5.74, 6) is 2.29. The maximum atomic E-state index is 13.4. The summed E-state index contributed by atoms with van der Waals surface area (Å²) in [6.07, 6.45) is 3.31. The van der Waals surface area contributed by atoms with Crippen LogP contribution in [0.15, 0.2) is 89.9 Å². The molecule has 0 radical (unpaired) electrons. The van der Waals surface area contributed by atoms with E-state index in [2.05, 4.69) is 5.32 Å². The summed E-state index contributed by atoms with van der Waals surface area (Å²) in [4.78, 5) is 26.5. The summed E-state index contributed by atoms with van der Waals surface area (Å²) in [6.45, 7) is 2.91. The quantitative estimate of drug-likeness (QED) is 0.187. The zero-order valence-corrected chi connectivity index (χ0v) is 24.7. The van der Waals surface area contributed by atoms with Gasteiger partial charge in [0.15, 0.2) is 0 Å². The molecule has 0 aliphatic heterocycles. The smallest absolute Gasteiger partial charge is 0.263 e. The summed E-state index contributed by atoms with van der Waals surface area (Å²) in [6, 6.07) is 23.2. The van der Waals surface area contributed by atoms with Crippen LogP contribution in [-0.4, -0.2) is 57.2 Å². The molecular formula is C34H37N3O7. The van der Waals surface area contributed by atoms with Crippen LogP contribution in [0.1, 0.15) is 33.9 Å². The van der Waals surface area contributed by atoms with Crippen LogP contribution in [0.5, 0.6) is 23.0 Å². The Hall–Kier alpha value is -4.64. The fourth-order valence-electron chi connectivity index (χ4n) is 5.18.